The second-order valence-corrected chi connectivity index (χ2v) is 6.24. The summed E-state index contributed by atoms with van der Waals surface area (Å²) in [5.41, 5.74) is 2.03. The van der Waals surface area contributed by atoms with Gasteiger partial charge in [-0.3, -0.25) is 4.79 Å². The summed E-state index contributed by atoms with van der Waals surface area (Å²) in [6, 6.07) is 8.39. The number of hydrogen-bond donors (Lipinski definition) is 0. The molecule has 1 heterocycles. The van der Waals surface area contributed by atoms with Gasteiger partial charge in [0.2, 0.25) is 5.91 Å². The van der Waals surface area contributed by atoms with Crippen LogP contribution in [0.1, 0.15) is 37.3 Å². The highest BCUT2D eigenvalue weighted by atomic mass is 32.1. The van der Waals surface area contributed by atoms with Crippen molar-refractivity contribution in [2.24, 2.45) is 0 Å². The van der Waals surface area contributed by atoms with Crippen LogP contribution in [0.15, 0.2) is 41.1 Å². The molecule has 2 nitrogen and oxygen atoms in total. The number of carbonyl (C=O) groups excluding carboxylic acids is 1. The minimum absolute atomic E-state index is 0.138. The van der Waals surface area contributed by atoms with Crippen LogP contribution >= 0.6 is 11.3 Å². The number of unbranched alkanes of at least 4 members (excludes halogenated alkanes) is 2. The minimum atomic E-state index is -0.245. The number of thiophene rings is 1. The molecular weight excluding hydrogens is 297 g/mol. The number of carbonyl (C=O) groups is 1. The normalized spacial score (nSPS) is 10.6. The maximum absolute atomic E-state index is 13.0. The highest BCUT2D eigenvalue weighted by Gasteiger charge is 2.14. The molecule has 0 aliphatic heterocycles. The molecule has 1 amide bonds. The largest absolute Gasteiger partial charge is 0.338 e. The van der Waals surface area contributed by atoms with E-state index in [4.69, 9.17) is 0 Å². The number of nitrogens with zero attached hydrogens (tertiary/aromatic N) is 1. The van der Waals surface area contributed by atoms with Gasteiger partial charge in [-0.25, -0.2) is 4.39 Å². The molecule has 4 heteroatoms. The molecule has 0 N–H and O–H groups in total. The Morgan fingerprint density at radius 2 is 1.91 bits per heavy atom. The van der Waals surface area contributed by atoms with Gasteiger partial charge in [0, 0.05) is 13.1 Å². The molecule has 2 rings (SSSR count). The summed E-state index contributed by atoms with van der Waals surface area (Å²) in [6.07, 6.45) is 3.69. The molecule has 22 heavy (non-hydrogen) atoms. The van der Waals surface area contributed by atoms with Crippen molar-refractivity contribution < 1.29 is 9.18 Å². The van der Waals surface area contributed by atoms with Crippen LogP contribution in [-0.4, -0.2) is 17.4 Å². The molecule has 0 atom stereocenters. The van der Waals surface area contributed by atoms with E-state index < -0.39 is 0 Å². The number of hydrogen-bond acceptors (Lipinski definition) is 2. The molecule has 0 radical (unpaired) electrons. The Bertz CT molecular complexity index is 565. The Hall–Kier alpha value is -1.68. The summed E-state index contributed by atoms with van der Waals surface area (Å²) in [5.74, 6) is -0.107. The summed E-state index contributed by atoms with van der Waals surface area (Å²) < 4.78 is 13.0. The molecule has 0 aliphatic rings. The average Bonchev–Trinajstić information content (AvgIpc) is 3.01. The summed E-state index contributed by atoms with van der Waals surface area (Å²) >= 11 is 1.61. The third-order valence-electron chi connectivity index (χ3n) is 3.61. The fourth-order valence-corrected chi connectivity index (χ4v) is 3.00. The smallest absolute Gasteiger partial charge is 0.227 e. The number of rotatable bonds is 8. The van der Waals surface area contributed by atoms with Gasteiger partial charge in [-0.15, -0.1) is 0 Å². The van der Waals surface area contributed by atoms with Gasteiger partial charge >= 0.3 is 0 Å². The second kappa shape index (κ2) is 8.69. The molecule has 0 spiro atoms. The Labute approximate surface area is 135 Å². The quantitative estimate of drug-likeness (QED) is 0.649. The van der Waals surface area contributed by atoms with Gasteiger partial charge in [0.1, 0.15) is 5.82 Å². The number of benzene rings is 1. The van der Waals surface area contributed by atoms with Gasteiger partial charge in [-0.05, 0) is 46.5 Å². The molecular formula is C18H22FNOS. The van der Waals surface area contributed by atoms with E-state index in [2.05, 4.69) is 6.92 Å². The van der Waals surface area contributed by atoms with E-state index in [9.17, 15) is 9.18 Å². The van der Waals surface area contributed by atoms with Crippen molar-refractivity contribution in [2.45, 2.75) is 39.2 Å². The third-order valence-corrected chi connectivity index (χ3v) is 4.34. The molecule has 118 valence electrons. The van der Waals surface area contributed by atoms with Crippen molar-refractivity contribution in [1.82, 2.24) is 4.90 Å². The third kappa shape index (κ3) is 5.26. The van der Waals surface area contributed by atoms with E-state index in [0.29, 0.717) is 13.0 Å². The maximum atomic E-state index is 13.0. The average molecular weight is 319 g/mol. The lowest BCUT2D eigenvalue weighted by molar-refractivity contribution is -0.131. The lowest BCUT2D eigenvalue weighted by Crippen LogP contribution is -2.32. The SMILES string of the molecule is CCCCCN(Cc1ccc(F)cc1)C(=O)Cc1ccsc1. The van der Waals surface area contributed by atoms with E-state index in [0.717, 1.165) is 36.9 Å². The van der Waals surface area contributed by atoms with Crippen molar-refractivity contribution in [3.8, 4) is 0 Å². The predicted molar refractivity (Wildman–Crippen MR) is 89.4 cm³/mol. The molecule has 2 aromatic rings. The standard InChI is InChI=1S/C18H22FNOS/c1-2-3-4-10-20(13-15-5-7-17(19)8-6-15)18(21)12-16-9-11-22-14-16/h5-9,11,14H,2-4,10,12-13H2,1H3. The topological polar surface area (TPSA) is 20.3 Å². The van der Waals surface area contributed by atoms with Crippen molar-refractivity contribution in [3.05, 3.63) is 58.0 Å². The molecule has 0 saturated heterocycles. The fraction of sp³-hybridized carbons (Fsp3) is 0.389. The van der Waals surface area contributed by atoms with Crippen LogP contribution in [0.3, 0.4) is 0 Å². The van der Waals surface area contributed by atoms with E-state index in [1.54, 1.807) is 23.5 Å². The summed E-state index contributed by atoms with van der Waals surface area (Å²) in [7, 11) is 0. The van der Waals surface area contributed by atoms with Crippen molar-refractivity contribution in [2.75, 3.05) is 6.54 Å². The van der Waals surface area contributed by atoms with E-state index >= 15 is 0 Å². The lowest BCUT2D eigenvalue weighted by Gasteiger charge is -2.23. The highest BCUT2D eigenvalue weighted by Crippen LogP contribution is 2.13. The lowest BCUT2D eigenvalue weighted by atomic mass is 10.1. The Morgan fingerprint density at radius 1 is 1.14 bits per heavy atom. The zero-order chi connectivity index (χ0) is 15.8. The number of halogens is 1. The van der Waals surface area contributed by atoms with Crippen LogP contribution in [0.4, 0.5) is 4.39 Å². The van der Waals surface area contributed by atoms with Gasteiger partial charge in [0.05, 0.1) is 6.42 Å². The predicted octanol–water partition coefficient (Wildman–Crippen LogP) is 4.65. The zero-order valence-corrected chi connectivity index (χ0v) is 13.7. The Kier molecular flexibility index (Phi) is 6.59. The maximum Gasteiger partial charge on any atom is 0.227 e. The molecule has 0 saturated carbocycles. The van der Waals surface area contributed by atoms with E-state index in [1.807, 2.05) is 21.7 Å². The Morgan fingerprint density at radius 3 is 2.55 bits per heavy atom. The second-order valence-electron chi connectivity index (χ2n) is 5.46. The summed E-state index contributed by atoms with van der Waals surface area (Å²) in [6.45, 7) is 3.46. The van der Waals surface area contributed by atoms with Gasteiger partial charge in [-0.1, -0.05) is 31.9 Å². The molecule has 0 unspecified atom stereocenters. The summed E-state index contributed by atoms with van der Waals surface area (Å²) in [5, 5.41) is 4.00. The zero-order valence-electron chi connectivity index (χ0n) is 12.9. The van der Waals surface area contributed by atoms with Crippen molar-refractivity contribution in [1.29, 1.82) is 0 Å². The van der Waals surface area contributed by atoms with Gasteiger partial charge in [0.15, 0.2) is 0 Å². The van der Waals surface area contributed by atoms with E-state index in [-0.39, 0.29) is 11.7 Å². The van der Waals surface area contributed by atoms with Crippen molar-refractivity contribution >= 4 is 17.2 Å². The molecule has 1 aromatic carbocycles. The van der Waals surface area contributed by atoms with Crippen LogP contribution in [0.25, 0.3) is 0 Å². The van der Waals surface area contributed by atoms with E-state index in [1.165, 1.54) is 12.1 Å². The summed E-state index contributed by atoms with van der Waals surface area (Å²) in [4.78, 5) is 14.4. The van der Waals surface area contributed by atoms with Crippen molar-refractivity contribution in [3.63, 3.8) is 0 Å². The highest BCUT2D eigenvalue weighted by molar-refractivity contribution is 7.07. The van der Waals surface area contributed by atoms with Crippen LogP contribution < -0.4 is 0 Å². The molecule has 0 bridgehead atoms. The van der Waals surface area contributed by atoms with Crippen LogP contribution in [-0.2, 0) is 17.8 Å². The molecule has 0 aliphatic carbocycles. The van der Waals surface area contributed by atoms with Crippen LogP contribution in [0.5, 0.6) is 0 Å². The van der Waals surface area contributed by atoms with Gasteiger partial charge < -0.3 is 4.90 Å². The first-order chi connectivity index (χ1) is 10.7. The first-order valence-corrected chi connectivity index (χ1v) is 8.66. The molecule has 0 fully saturated rings. The number of amides is 1. The Balaban J connectivity index is 2.00. The van der Waals surface area contributed by atoms with Gasteiger partial charge in [0.25, 0.3) is 0 Å². The first kappa shape index (κ1) is 16.7. The van der Waals surface area contributed by atoms with Gasteiger partial charge in [-0.2, -0.15) is 11.3 Å². The van der Waals surface area contributed by atoms with Crippen LogP contribution in [0, 0.1) is 5.82 Å². The monoisotopic (exact) mass is 319 g/mol. The van der Waals surface area contributed by atoms with Crippen LogP contribution in [0.2, 0.25) is 0 Å². The molecule has 1 aromatic heterocycles. The fourth-order valence-electron chi connectivity index (χ4n) is 2.33. The minimum Gasteiger partial charge on any atom is -0.338 e. The first-order valence-electron chi connectivity index (χ1n) is 7.72.